The first-order valence-corrected chi connectivity index (χ1v) is 6.00. The summed E-state index contributed by atoms with van der Waals surface area (Å²) in [5.41, 5.74) is 2.51. The Bertz CT molecular complexity index is 396. The molecule has 1 atom stereocenters. The van der Waals surface area contributed by atoms with Crippen molar-refractivity contribution in [2.75, 3.05) is 13.7 Å². The minimum atomic E-state index is -0.102. The fourth-order valence-electron chi connectivity index (χ4n) is 1.72. The zero-order valence-electron chi connectivity index (χ0n) is 10.8. The smallest absolute Gasteiger partial charge is 0.122 e. The van der Waals surface area contributed by atoms with E-state index in [0.29, 0.717) is 0 Å². The predicted molar refractivity (Wildman–Crippen MR) is 69.2 cm³/mol. The van der Waals surface area contributed by atoms with Crippen LogP contribution in [0.25, 0.3) is 0 Å². The van der Waals surface area contributed by atoms with Crippen LogP contribution in [0.3, 0.4) is 0 Å². The summed E-state index contributed by atoms with van der Waals surface area (Å²) in [6, 6.07) is 8.34. The highest BCUT2D eigenvalue weighted by Crippen LogP contribution is 2.20. The number of nitrogens with one attached hydrogen (secondary N) is 1. The first-order valence-electron chi connectivity index (χ1n) is 6.00. The van der Waals surface area contributed by atoms with Gasteiger partial charge in [0.05, 0.1) is 19.2 Å². The van der Waals surface area contributed by atoms with Gasteiger partial charge < -0.3 is 10.1 Å². The van der Waals surface area contributed by atoms with Crippen molar-refractivity contribution < 1.29 is 4.74 Å². The average molecular weight is 232 g/mol. The van der Waals surface area contributed by atoms with Crippen molar-refractivity contribution in [2.45, 2.75) is 32.7 Å². The maximum atomic E-state index is 8.68. The maximum Gasteiger partial charge on any atom is 0.122 e. The van der Waals surface area contributed by atoms with E-state index in [-0.39, 0.29) is 6.04 Å². The van der Waals surface area contributed by atoms with Crippen LogP contribution in [0.1, 0.15) is 25.0 Å². The number of benzene rings is 1. The van der Waals surface area contributed by atoms with E-state index < -0.39 is 0 Å². The van der Waals surface area contributed by atoms with Gasteiger partial charge in [-0.1, -0.05) is 19.1 Å². The Balaban J connectivity index is 2.65. The Kier molecular flexibility index (Phi) is 5.51. The molecule has 0 radical (unpaired) electrons. The molecule has 0 amide bonds. The lowest BCUT2D eigenvalue weighted by molar-refractivity contribution is 0.408. The van der Waals surface area contributed by atoms with Crippen LogP contribution in [0, 0.1) is 11.3 Å². The Labute approximate surface area is 103 Å². The number of ether oxygens (including phenoxy) is 1. The lowest BCUT2D eigenvalue weighted by atomic mass is 10.1. The van der Waals surface area contributed by atoms with E-state index >= 15 is 0 Å². The predicted octanol–water partition coefficient (Wildman–Crippen LogP) is 2.30. The molecule has 0 aliphatic rings. The second-order valence-electron chi connectivity index (χ2n) is 4.05. The molecule has 0 saturated heterocycles. The largest absolute Gasteiger partial charge is 0.496 e. The summed E-state index contributed by atoms with van der Waals surface area (Å²) in [6.45, 7) is 4.79. The molecule has 0 aliphatic heterocycles. The van der Waals surface area contributed by atoms with Crippen LogP contribution >= 0.6 is 0 Å². The number of hydrogen-bond acceptors (Lipinski definition) is 3. The molecule has 3 heteroatoms. The molecule has 1 aromatic carbocycles. The van der Waals surface area contributed by atoms with E-state index in [0.717, 1.165) is 25.1 Å². The lowest BCUT2D eigenvalue weighted by Gasteiger charge is -2.11. The number of nitrogens with zero attached hydrogens (tertiary/aromatic N) is 1. The third-order valence-electron chi connectivity index (χ3n) is 2.79. The molecule has 1 unspecified atom stereocenters. The third kappa shape index (κ3) is 4.08. The topological polar surface area (TPSA) is 45.0 Å². The minimum Gasteiger partial charge on any atom is -0.496 e. The molecular formula is C14H20N2O. The number of rotatable bonds is 6. The summed E-state index contributed by atoms with van der Waals surface area (Å²) < 4.78 is 5.34. The van der Waals surface area contributed by atoms with Crippen LogP contribution in [0.5, 0.6) is 5.75 Å². The van der Waals surface area contributed by atoms with Crippen molar-refractivity contribution in [2.24, 2.45) is 0 Å². The monoisotopic (exact) mass is 232 g/mol. The number of hydrogen-bond donors (Lipinski definition) is 1. The summed E-state index contributed by atoms with van der Waals surface area (Å²) in [7, 11) is 1.69. The van der Waals surface area contributed by atoms with Crippen molar-refractivity contribution in [1.29, 1.82) is 5.26 Å². The molecule has 0 heterocycles. The van der Waals surface area contributed by atoms with Gasteiger partial charge in [-0.2, -0.15) is 5.26 Å². The van der Waals surface area contributed by atoms with E-state index in [4.69, 9.17) is 10.00 Å². The number of nitriles is 1. The van der Waals surface area contributed by atoms with Crippen LogP contribution in [0.15, 0.2) is 18.2 Å². The van der Waals surface area contributed by atoms with E-state index in [1.54, 1.807) is 7.11 Å². The van der Waals surface area contributed by atoms with Gasteiger partial charge in [0.15, 0.2) is 0 Å². The normalized spacial score (nSPS) is 11.9. The van der Waals surface area contributed by atoms with Gasteiger partial charge in [-0.15, -0.1) is 0 Å². The molecule has 1 aromatic rings. The first-order chi connectivity index (χ1) is 8.21. The number of methoxy groups -OCH3 is 1. The third-order valence-corrected chi connectivity index (χ3v) is 2.79. The SMILES string of the molecule is CCc1ccc(OC)c(CCNC(C)C#N)c1. The fraction of sp³-hybridized carbons (Fsp3) is 0.500. The van der Waals surface area contributed by atoms with Crippen LogP contribution in [0.4, 0.5) is 0 Å². The molecule has 0 aromatic heterocycles. The maximum absolute atomic E-state index is 8.68. The first kappa shape index (κ1) is 13.5. The summed E-state index contributed by atoms with van der Waals surface area (Å²) in [5.74, 6) is 0.925. The zero-order chi connectivity index (χ0) is 12.7. The highest BCUT2D eigenvalue weighted by molar-refractivity contribution is 5.37. The molecule has 1 rings (SSSR count). The molecule has 0 bridgehead atoms. The van der Waals surface area contributed by atoms with E-state index in [1.807, 2.05) is 13.0 Å². The Morgan fingerprint density at radius 1 is 1.47 bits per heavy atom. The van der Waals surface area contributed by atoms with Crippen molar-refractivity contribution in [3.63, 3.8) is 0 Å². The van der Waals surface area contributed by atoms with Gasteiger partial charge in [0.25, 0.3) is 0 Å². The van der Waals surface area contributed by atoms with Crippen molar-refractivity contribution in [3.05, 3.63) is 29.3 Å². The van der Waals surface area contributed by atoms with Gasteiger partial charge in [0.1, 0.15) is 5.75 Å². The molecule has 92 valence electrons. The molecule has 0 aliphatic carbocycles. The van der Waals surface area contributed by atoms with Crippen molar-refractivity contribution in [1.82, 2.24) is 5.32 Å². The van der Waals surface area contributed by atoms with E-state index in [1.165, 1.54) is 11.1 Å². The lowest BCUT2D eigenvalue weighted by Crippen LogP contribution is -2.26. The van der Waals surface area contributed by atoms with Gasteiger partial charge in [-0.25, -0.2) is 0 Å². The molecule has 17 heavy (non-hydrogen) atoms. The molecule has 0 saturated carbocycles. The van der Waals surface area contributed by atoms with Crippen LogP contribution in [-0.2, 0) is 12.8 Å². The van der Waals surface area contributed by atoms with Crippen molar-refractivity contribution >= 4 is 0 Å². The molecule has 0 fully saturated rings. The van der Waals surface area contributed by atoms with E-state index in [9.17, 15) is 0 Å². The highest BCUT2D eigenvalue weighted by Gasteiger charge is 2.05. The standard InChI is InChI=1S/C14H20N2O/c1-4-12-5-6-14(17-3)13(9-12)7-8-16-11(2)10-15/h5-6,9,11,16H,4,7-8H2,1-3H3. The van der Waals surface area contributed by atoms with E-state index in [2.05, 4.69) is 30.4 Å². The fourth-order valence-corrected chi connectivity index (χ4v) is 1.72. The molecule has 3 nitrogen and oxygen atoms in total. The van der Waals surface area contributed by atoms with Gasteiger partial charge in [-0.05, 0) is 37.0 Å². The Hall–Kier alpha value is -1.53. The molecular weight excluding hydrogens is 212 g/mol. The van der Waals surface area contributed by atoms with Gasteiger partial charge >= 0.3 is 0 Å². The average Bonchev–Trinajstić information content (AvgIpc) is 2.38. The molecule has 0 spiro atoms. The Morgan fingerprint density at radius 2 is 2.24 bits per heavy atom. The second-order valence-corrected chi connectivity index (χ2v) is 4.05. The Morgan fingerprint density at radius 3 is 2.82 bits per heavy atom. The minimum absolute atomic E-state index is 0.102. The quantitative estimate of drug-likeness (QED) is 0.818. The van der Waals surface area contributed by atoms with Crippen LogP contribution in [0.2, 0.25) is 0 Å². The van der Waals surface area contributed by atoms with Crippen molar-refractivity contribution in [3.8, 4) is 11.8 Å². The van der Waals surface area contributed by atoms with Gasteiger partial charge in [-0.3, -0.25) is 0 Å². The highest BCUT2D eigenvalue weighted by atomic mass is 16.5. The summed E-state index contributed by atoms with van der Waals surface area (Å²) in [4.78, 5) is 0. The zero-order valence-corrected chi connectivity index (χ0v) is 10.8. The summed E-state index contributed by atoms with van der Waals surface area (Å²) in [6.07, 6.45) is 1.90. The van der Waals surface area contributed by atoms with Crippen LogP contribution in [-0.4, -0.2) is 19.7 Å². The number of aryl methyl sites for hydroxylation is 1. The summed E-state index contributed by atoms with van der Waals surface area (Å²) >= 11 is 0. The van der Waals surface area contributed by atoms with Crippen LogP contribution < -0.4 is 10.1 Å². The summed E-state index contributed by atoms with van der Waals surface area (Å²) in [5, 5.41) is 11.8. The van der Waals surface area contributed by atoms with Gasteiger partial charge in [0, 0.05) is 6.54 Å². The molecule has 1 N–H and O–H groups in total. The van der Waals surface area contributed by atoms with Gasteiger partial charge in [0.2, 0.25) is 0 Å². The second kappa shape index (κ2) is 6.93.